The van der Waals surface area contributed by atoms with Crippen molar-refractivity contribution < 1.29 is 14.4 Å². The lowest BCUT2D eigenvalue weighted by atomic mass is 10.1. The van der Waals surface area contributed by atoms with Crippen LogP contribution in [-0.4, -0.2) is 33.5 Å². The summed E-state index contributed by atoms with van der Waals surface area (Å²) in [6.07, 6.45) is 0. The minimum atomic E-state index is -0.412. The fraction of sp³-hybridized carbons (Fsp3) is 0.111. The van der Waals surface area contributed by atoms with Gasteiger partial charge in [0.05, 0.1) is 22.2 Å². The molecule has 0 aliphatic carbocycles. The van der Waals surface area contributed by atoms with Crippen molar-refractivity contribution in [2.75, 3.05) is 16.8 Å². The first-order chi connectivity index (χ1) is 17.3. The molecule has 0 spiro atoms. The van der Waals surface area contributed by atoms with Gasteiger partial charge in [0.2, 0.25) is 5.91 Å². The first-order valence-electron chi connectivity index (χ1n) is 11.2. The summed E-state index contributed by atoms with van der Waals surface area (Å²) in [5.74, 6) is -1.11. The first kappa shape index (κ1) is 24.2. The van der Waals surface area contributed by atoms with E-state index in [1.807, 2.05) is 37.3 Å². The molecule has 1 atom stereocenters. The molecule has 0 aromatic heterocycles. The Kier molecular flexibility index (Phi) is 6.66. The summed E-state index contributed by atoms with van der Waals surface area (Å²) in [5.41, 5.74) is 2.91. The van der Waals surface area contributed by atoms with E-state index in [4.69, 9.17) is 23.8 Å². The Bertz CT molecular complexity index is 1440. The molecule has 180 valence electrons. The van der Waals surface area contributed by atoms with Crippen molar-refractivity contribution in [1.29, 1.82) is 0 Å². The lowest BCUT2D eigenvalue weighted by Crippen LogP contribution is -2.35. The van der Waals surface area contributed by atoms with Gasteiger partial charge in [0.1, 0.15) is 10.9 Å². The van der Waals surface area contributed by atoms with E-state index in [0.717, 1.165) is 17.3 Å². The van der Waals surface area contributed by atoms with E-state index in [1.54, 1.807) is 53.4 Å². The molecule has 9 heteroatoms. The highest BCUT2D eigenvalue weighted by Crippen LogP contribution is 2.46. The normalized spacial score (nSPS) is 18.0. The molecule has 5 rings (SSSR count). The predicted molar refractivity (Wildman–Crippen MR) is 148 cm³/mol. The van der Waals surface area contributed by atoms with Crippen LogP contribution in [0.3, 0.4) is 0 Å². The Hall–Kier alpha value is -3.46. The minimum Gasteiger partial charge on any atom is -0.324 e. The monoisotopic (exact) mass is 533 g/mol. The number of thioether (sulfide) groups is 1. The molecule has 0 saturated carbocycles. The van der Waals surface area contributed by atoms with Gasteiger partial charge < -0.3 is 5.32 Å². The van der Waals surface area contributed by atoms with E-state index in [1.165, 1.54) is 4.90 Å². The van der Waals surface area contributed by atoms with Crippen LogP contribution in [0.25, 0.3) is 5.57 Å². The number of carbonyl (C=O) groups is 3. The number of fused-ring (bicyclic) bond motifs is 1. The maximum absolute atomic E-state index is 13.6. The summed E-state index contributed by atoms with van der Waals surface area (Å²) in [6, 6.07) is 23.2. The molecule has 2 aliphatic rings. The van der Waals surface area contributed by atoms with Crippen molar-refractivity contribution >= 4 is 74.6 Å². The second kappa shape index (κ2) is 9.89. The highest BCUT2D eigenvalue weighted by Gasteiger charge is 2.43. The summed E-state index contributed by atoms with van der Waals surface area (Å²) >= 11 is 12.7. The quantitative estimate of drug-likeness (QED) is 0.338. The van der Waals surface area contributed by atoms with E-state index in [2.05, 4.69) is 5.32 Å². The number of hydrogen-bond acceptors (Lipinski definition) is 5. The molecule has 1 N–H and O–H groups in total. The third-order valence-corrected chi connectivity index (χ3v) is 7.66. The van der Waals surface area contributed by atoms with Crippen LogP contribution >= 0.6 is 35.6 Å². The van der Waals surface area contributed by atoms with Crippen LogP contribution in [0, 0.1) is 0 Å². The topological polar surface area (TPSA) is 69.7 Å². The van der Waals surface area contributed by atoms with Gasteiger partial charge in [0.25, 0.3) is 11.8 Å². The molecule has 3 amide bonds. The number of rotatable bonds is 5. The molecule has 3 aromatic rings. The average molecular weight is 534 g/mol. The second-order valence-electron chi connectivity index (χ2n) is 8.30. The van der Waals surface area contributed by atoms with Gasteiger partial charge >= 0.3 is 0 Å². The molecule has 1 saturated heterocycles. The minimum absolute atomic E-state index is 0.216. The largest absolute Gasteiger partial charge is 0.324 e. The van der Waals surface area contributed by atoms with E-state index in [0.29, 0.717) is 26.3 Å². The number of anilines is 2. The molecule has 0 bridgehead atoms. The fourth-order valence-corrected chi connectivity index (χ4v) is 5.99. The van der Waals surface area contributed by atoms with E-state index < -0.39 is 5.91 Å². The standard InChI is InChI=1S/C27H20ClN3O3S2/c1-16(17-8-3-2-4-9-17)31-26(34)24(36-27(31)35)23-20-12-5-6-13-21(20)30(25(23)33)15-22(32)29-19-11-7-10-18(28)14-19/h2-14,16H,15H2,1H3,(H,29,32)/b24-23+. The SMILES string of the molecule is CC(c1ccccc1)N1C(=O)/C(=C2\C(=O)N(CC(=O)Nc3cccc(Cl)c3)c3ccccc32)SC1=S. The highest BCUT2D eigenvalue weighted by molar-refractivity contribution is 8.26. The van der Waals surface area contributed by atoms with Gasteiger partial charge in [-0.3, -0.25) is 24.2 Å². The van der Waals surface area contributed by atoms with Crippen LogP contribution < -0.4 is 10.2 Å². The first-order valence-corrected chi connectivity index (χ1v) is 12.8. The number of nitrogens with zero attached hydrogens (tertiary/aromatic N) is 2. The Morgan fingerprint density at radius 2 is 1.72 bits per heavy atom. The Balaban J connectivity index is 1.46. The zero-order chi connectivity index (χ0) is 25.4. The Morgan fingerprint density at radius 3 is 2.47 bits per heavy atom. The number of para-hydroxylation sites is 1. The Labute approximate surface area is 222 Å². The highest BCUT2D eigenvalue weighted by atomic mass is 35.5. The summed E-state index contributed by atoms with van der Waals surface area (Å²) in [6.45, 7) is 1.69. The number of nitrogens with one attached hydrogen (secondary N) is 1. The third kappa shape index (κ3) is 4.43. The molecular formula is C27H20ClN3O3S2. The summed E-state index contributed by atoms with van der Waals surface area (Å²) < 4.78 is 0.390. The van der Waals surface area contributed by atoms with Crippen LogP contribution in [0.4, 0.5) is 11.4 Å². The molecule has 2 heterocycles. The van der Waals surface area contributed by atoms with Gasteiger partial charge in [-0.05, 0) is 36.8 Å². The molecule has 0 radical (unpaired) electrons. The van der Waals surface area contributed by atoms with Gasteiger partial charge in [-0.25, -0.2) is 0 Å². The Morgan fingerprint density at radius 1 is 1.00 bits per heavy atom. The molecule has 1 unspecified atom stereocenters. The zero-order valence-electron chi connectivity index (χ0n) is 19.1. The van der Waals surface area contributed by atoms with Crippen molar-refractivity contribution in [3.8, 4) is 0 Å². The maximum Gasteiger partial charge on any atom is 0.267 e. The lowest BCUT2D eigenvalue weighted by molar-refractivity contribution is -0.123. The molecule has 36 heavy (non-hydrogen) atoms. The van der Waals surface area contributed by atoms with Crippen LogP contribution in [0.5, 0.6) is 0 Å². The van der Waals surface area contributed by atoms with Crippen molar-refractivity contribution in [3.63, 3.8) is 0 Å². The van der Waals surface area contributed by atoms with Crippen LogP contribution in [0.1, 0.15) is 24.1 Å². The zero-order valence-corrected chi connectivity index (χ0v) is 21.5. The maximum atomic E-state index is 13.6. The summed E-state index contributed by atoms with van der Waals surface area (Å²) in [7, 11) is 0. The van der Waals surface area contributed by atoms with E-state index in [9.17, 15) is 14.4 Å². The molecule has 3 aromatic carbocycles. The number of benzene rings is 3. The van der Waals surface area contributed by atoms with E-state index in [-0.39, 0.29) is 34.9 Å². The number of amides is 3. The predicted octanol–water partition coefficient (Wildman–Crippen LogP) is 5.66. The smallest absolute Gasteiger partial charge is 0.267 e. The lowest BCUT2D eigenvalue weighted by Gasteiger charge is -2.23. The van der Waals surface area contributed by atoms with Crippen LogP contribution in [0.15, 0.2) is 83.8 Å². The van der Waals surface area contributed by atoms with Crippen LogP contribution in [-0.2, 0) is 14.4 Å². The van der Waals surface area contributed by atoms with Gasteiger partial charge in [0.15, 0.2) is 0 Å². The molecule has 1 fully saturated rings. The van der Waals surface area contributed by atoms with Gasteiger partial charge in [0, 0.05) is 16.3 Å². The fourth-order valence-electron chi connectivity index (χ4n) is 4.31. The third-order valence-electron chi connectivity index (χ3n) is 6.03. The van der Waals surface area contributed by atoms with E-state index >= 15 is 0 Å². The second-order valence-corrected chi connectivity index (χ2v) is 10.4. The number of hydrogen-bond donors (Lipinski definition) is 1. The van der Waals surface area contributed by atoms with Crippen molar-refractivity contribution in [2.45, 2.75) is 13.0 Å². The number of halogens is 1. The average Bonchev–Trinajstić information content (AvgIpc) is 3.31. The molecule has 2 aliphatic heterocycles. The molecule has 6 nitrogen and oxygen atoms in total. The van der Waals surface area contributed by atoms with Crippen molar-refractivity contribution in [3.05, 3.63) is 99.9 Å². The van der Waals surface area contributed by atoms with Crippen molar-refractivity contribution in [1.82, 2.24) is 4.90 Å². The molecular weight excluding hydrogens is 514 g/mol. The van der Waals surface area contributed by atoms with Crippen molar-refractivity contribution in [2.24, 2.45) is 0 Å². The summed E-state index contributed by atoms with van der Waals surface area (Å²) in [4.78, 5) is 43.2. The van der Waals surface area contributed by atoms with Gasteiger partial charge in [-0.1, -0.05) is 90.2 Å². The number of thiocarbonyl (C=S) groups is 1. The number of carbonyl (C=O) groups excluding carboxylic acids is 3. The van der Waals surface area contributed by atoms with Gasteiger partial charge in [-0.15, -0.1) is 0 Å². The van der Waals surface area contributed by atoms with Crippen LogP contribution in [0.2, 0.25) is 5.02 Å². The summed E-state index contributed by atoms with van der Waals surface area (Å²) in [5, 5.41) is 3.26. The van der Waals surface area contributed by atoms with Gasteiger partial charge in [-0.2, -0.15) is 0 Å².